The van der Waals surface area contributed by atoms with Crippen molar-refractivity contribution in [2.24, 2.45) is 5.92 Å². The van der Waals surface area contributed by atoms with Gasteiger partial charge in [-0.2, -0.15) is 9.61 Å². The van der Waals surface area contributed by atoms with Gasteiger partial charge in [0.1, 0.15) is 17.0 Å². The van der Waals surface area contributed by atoms with Crippen molar-refractivity contribution in [3.8, 4) is 5.88 Å². The fourth-order valence-corrected chi connectivity index (χ4v) is 5.71. The van der Waals surface area contributed by atoms with Crippen LogP contribution < -0.4 is 4.90 Å². The molecule has 1 saturated heterocycles. The zero-order valence-corrected chi connectivity index (χ0v) is 17.4. The number of nitrogens with one attached hydrogen (secondary N) is 1. The first kappa shape index (κ1) is 19.2. The molecule has 0 spiro atoms. The maximum absolute atomic E-state index is 13.6. The summed E-state index contributed by atoms with van der Waals surface area (Å²) in [5, 5.41) is 15.0. The lowest BCUT2D eigenvalue weighted by atomic mass is 9.89. The molecule has 0 bridgehead atoms. The van der Waals surface area contributed by atoms with Crippen LogP contribution in [0.5, 0.6) is 5.88 Å². The summed E-state index contributed by atoms with van der Waals surface area (Å²) in [6, 6.07) is 17.3. The quantitative estimate of drug-likeness (QED) is 0.518. The van der Waals surface area contributed by atoms with Crippen LogP contribution in [0.15, 0.2) is 60.9 Å². The molecule has 0 aliphatic carbocycles. The topological polar surface area (TPSA) is 54.9 Å². The fourth-order valence-electron chi connectivity index (χ4n) is 4.60. The van der Waals surface area contributed by atoms with Crippen molar-refractivity contribution in [1.82, 2.24) is 14.6 Å². The van der Waals surface area contributed by atoms with Crippen molar-refractivity contribution in [3.63, 3.8) is 0 Å². The van der Waals surface area contributed by atoms with Crippen molar-refractivity contribution >= 4 is 16.3 Å². The Kier molecular flexibility index (Phi) is 5.23. The average molecular weight is 424 g/mol. The molecule has 1 atom stereocenters. The van der Waals surface area contributed by atoms with Crippen molar-refractivity contribution in [2.75, 3.05) is 13.1 Å². The minimum atomic E-state index is -0.249. The zero-order valence-electron chi connectivity index (χ0n) is 16.5. The monoisotopic (exact) mass is 423 g/mol. The number of rotatable bonds is 5. The van der Waals surface area contributed by atoms with Gasteiger partial charge in [0.2, 0.25) is 10.8 Å². The normalized spacial score (nSPS) is 20.4. The third-order valence-corrected chi connectivity index (χ3v) is 7.23. The van der Waals surface area contributed by atoms with E-state index in [1.54, 1.807) is 0 Å². The Balaban J connectivity index is 1.40. The van der Waals surface area contributed by atoms with Crippen molar-refractivity contribution in [1.29, 1.82) is 0 Å². The van der Waals surface area contributed by atoms with Crippen LogP contribution in [-0.4, -0.2) is 32.8 Å². The van der Waals surface area contributed by atoms with E-state index in [0.29, 0.717) is 10.9 Å². The number of hydrogen-bond donors (Lipinski definition) is 2. The maximum atomic E-state index is 13.6. The average Bonchev–Trinajstić information content (AvgIpc) is 3.35. The third kappa shape index (κ3) is 3.70. The number of aromatic nitrogens is 3. The maximum Gasteiger partial charge on any atom is 0.235 e. The standard InChI is InChI=1S/C23H23FN4OS/c24-19-8-6-18(7-9-19)20(21-22(29)28-23(30-21)25-15-26-28)27-12-10-17(11-13-27)14-16-4-2-1-3-5-16/h1-9,15,17,20,29H,10-14H2/p+1/t20-/m0/s1. The highest BCUT2D eigenvalue weighted by atomic mass is 32.1. The molecule has 2 aromatic carbocycles. The number of thiazole rings is 1. The van der Waals surface area contributed by atoms with Crippen LogP contribution in [0.3, 0.4) is 0 Å². The molecule has 1 aliphatic rings. The number of likely N-dealkylation sites (tertiary alicyclic amines) is 1. The lowest BCUT2D eigenvalue weighted by Crippen LogP contribution is -3.13. The summed E-state index contributed by atoms with van der Waals surface area (Å²) in [6.07, 6.45) is 4.81. The van der Waals surface area contributed by atoms with Gasteiger partial charge in [-0.1, -0.05) is 41.7 Å². The van der Waals surface area contributed by atoms with Crippen LogP contribution in [0.1, 0.15) is 34.9 Å². The lowest BCUT2D eigenvalue weighted by Gasteiger charge is -2.34. The molecule has 154 valence electrons. The van der Waals surface area contributed by atoms with Crippen molar-refractivity contribution in [3.05, 3.63) is 82.7 Å². The number of quaternary nitrogens is 1. The van der Waals surface area contributed by atoms with E-state index in [-0.39, 0.29) is 17.7 Å². The Morgan fingerprint density at radius 1 is 1.10 bits per heavy atom. The second-order valence-electron chi connectivity index (χ2n) is 8.02. The molecule has 30 heavy (non-hydrogen) atoms. The highest BCUT2D eigenvalue weighted by molar-refractivity contribution is 7.17. The van der Waals surface area contributed by atoms with Crippen LogP contribution in [0.25, 0.3) is 4.96 Å². The Morgan fingerprint density at radius 2 is 1.83 bits per heavy atom. The summed E-state index contributed by atoms with van der Waals surface area (Å²) < 4.78 is 15.1. The van der Waals surface area contributed by atoms with Gasteiger partial charge in [0.05, 0.1) is 13.1 Å². The second kappa shape index (κ2) is 8.16. The molecule has 7 heteroatoms. The lowest BCUT2D eigenvalue weighted by molar-refractivity contribution is -0.931. The molecule has 5 nitrogen and oxygen atoms in total. The van der Waals surface area contributed by atoms with E-state index in [1.807, 2.05) is 12.1 Å². The molecule has 4 aromatic rings. The molecular formula is C23H24FN4OS+. The first-order chi connectivity index (χ1) is 14.7. The number of halogens is 1. The largest absolute Gasteiger partial charge is 0.492 e. The smallest absolute Gasteiger partial charge is 0.235 e. The second-order valence-corrected chi connectivity index (χ2v) is 9.03. The van der Waals surface area contributed by atoms with Crippen LogP contribution >= 0.6 is 11.3 Å². The van der Waals surface area contributed by atoms with E-state index in [1.165, 1.54) is 44.8 Å². The summed E-state index contributed by atoms with van der Waals surface area (Å²) in [7, 11) is 0. The summed E-state index contributed by atoms with van der Waals surface area (Å²) in [5.41, 5.74) is 2.40. The highest BCUT2D eigenvalue weighted by Crippen LogP contribution is 2.35. The molecule has 1 aliphatic heterocycles. The molecule has 0 unspecified atom stereocenters. The van der Waals surface area contributed by atoms with Gasteiger partial charge in [-0.3, -0.25) is 0 Å². The Labute approximate surface area is 178 Å². The Hall–Kier alpha value is -2.77. The molecule has 1 fully saturated rings. The van der Waals surface area contributed by atoms with Gasteiger partial charge in [0.25, 0.3) is 0 Å². The van der Waals surface area contributed by atoms with Crippen LogP contribution in [0, 0.1) is 11.7 Å². The van der Waals surface area contributed by atoms with E-state index < -0.39 is 0 Å². The fraction of sp³-hybridized carbons (Fsp3) is 0.304. The van der Waals surface area contributed by atoms with Gasteiger partial charge in [0, 0.05) is 5.56 Å². The number of aromatic hydroxyl groups is 1. The van der Waals surface area contributed by atoms with Gasteiger partial charge >= 0.3 is 0 Å². The molecule has 5 rings (SSSR count). The summed E-state index contributed by atoms with van der Waals surface area (Å²) in [6.45, 7) is 2.01. The van der Waals surface area contributed by atoms with Crippen LogP contribution in [-0.2, 0) is 6.42 Å². The molecule has 2 aromatic heterocycles. The number of benzene rings is 2. The SMILES string of the molecule is Oc1c([C@H](c2ccc(F)cc2)[NH+]2CCC(Cc3ccccc3)CC2)sc2ncnn12. The first-order valence-corrected chi connectivity index (χ1v) is 11.2. The molecule has 0 radical (unpaired) electrons. The highest BCUT2D eigenvalue weighted by Gasteiger charge is 2.35. The molecule has 3 heterocycles. The number of nitrogens with zero attached hydrogens (tertiary/aromatic N) is 3. The van der Waals surface area contributed by atoms with Crippen LogP contribution in [0.4, 0.5) is 4.39 Å². The molecule has 2 N–H and O–H groups in total. The molecule has 0 amide bonds. The van der Waals surface area contributed by atoms with Crippen molar-refractivity contribution < 1.29 is 14.4 Å². The summed E-state index contributed by atoms with van der Waals surface area (Å²) >= 11 is 1.46. The summed E-state index contributed by atoms with van der Waals surface area (Å²) in [5.74, 6) is 0.558. The predicted octanol–water partition coefficient (Wildman–Crippen LogP) is 3.26. The minimum absolute atomic E-state index is 0.0585. The zero-order chi connectivity index (χ0) is 20.5. The van der Waals surface area contributed by atoms with Gasteiger partial charge in [-0.25, -0.2) is 9.37 Å². The minimum Gasteiger partial charge on any atom is -0.492 e. The van der Waals surface area contributed by atoms with Gasteiger partial charge in [-0.15, -0.1) is 0 Å². The van der Waals surface area contributed by atoms with E-state index in [0.717, 1.165) is 42.8 Å². The third-order valence-electron chi connectivity index (χ3n) is 6.13. The van der Waals surface area contributed by atoms with E-state index >= 15 is 0 Å². The van der Waals surface area contributed by atoms with Gasteiger partial charge in [-0.05, 0) is 55.0 Å². The van der Waals surface area contributed by atoms with Crippen LogP contribution in [0.2, 0.25) is 0 Å². The van der Waals surface area contributed by atoms with Gasteiger partial charge < -0.3 is 10.0 Å². The Bertz CT molecular complexity index is 1120. The van der Waals surface area contributed by atoms with E-state index in [4.69, 9.17) is 0 Å². The molecular weight excluding hydrogens is 399 g/mol. The van der Waals surface area contributed by atoms with E-state index in [9.17, 15) is 9.50 Å². The summed E-state index contributed by atoms with van der Waals surface area (Å²) in [4.78, 5) is 7.15. The predicted molar refractivity (Wildman–Crippen MR) is 114 cm³/mol. The Morgan fingerprint density at radius 3 is 2.53 bits per heavy atom. The number of piperidine rings is 1. The molecule has 0 saturated carbocycles. The number of hydrogen-bond acceptors (Lipinski definition) is 4. The number of fused-ring (bicyclic) bond motifs is 1. The van der Waals surface area contributed by atoms with E-state index in [2.05, 4.69) is 40.4 Å². The van der Waals surface area contributed by atoms with Crippen molar-refractivity contribution in [2.45, 2.75) is 25.3 Å². The van der Waals surface area contributed by atoms with Gasteiger partial charge in [0.15, 0.2) is 6.04 Å². The first-order valence-electron chi connectivity index (χ1n) is 10.3.